The molecule has 7 heteroatoms. The Morgan fingerprint density at radius 1 is 1.30 bits per heavy atom. The number of hydrogen-bond acceptors (Lipinski definition) is 4. The summed E-state index contributed by atoms with van der Waals surface area (Å²) >= 11 is 0. The molecule has 1 aromatic heterocycles. The second-order valence-corrected chi connectivity index (χ2v) is 7.39. The van der Waals surface area contributed by atoms with Crippen LogP contribution in [-0.2, 0) is 27.7 Å². The van der Waals surface area contributed by atoms with Crippen molar-refractivity contribution in [1.29, 1.82) is 0 Å². The first kappa shape index (κ1) is 15.8. The van der Waals surface area contributed by atoms with Crippen LogP contribution in [0, 0.1) is 0 Å². The molecule has 1 aliphatic heterocycles. The Morgan fingerprint density at radius 3 is 2.87 bits per heavy atom. The number of hydrogen-bond donors (Lipinski definition) is 2. The van der Waals surface area contributed by atoms with Crippen LogP contribution in [-0.4, -0.2) is 20.4 Å². The molecule has 0 saturated carbocycles. The van der Waals surface area contributed by atoms with Gasteiger partial charge in [0.25, 0.3) is 0 Å². The van der Waals surface area contributed by atoms with Crippen LogP contribution < -0.4 is 10.0 Å². The van der Waals surface area contributed by atoms with E-state index in [2.05, 4.69) is 10.0 Å². The zero-order chi connectivity index (χ0) is 16.4. The molecular weight excluding hydrogens is 316 g/mol. The number of amides is 1. The van der Waals surface area contributed by atoms with E-state index in [-0.39, 0.29) is 16.8 Å². The summed E-state index contributed by atoms with van der Waals surface area (Å²) in [6, 6.07) is 8.06. The largest absolute Gasteiger partial charge is 0.469 e. The SMILES string of the molecule is CC(Cc1ccco1)NS(=O)(=O)c1ccc2c(c1)CCC(=O)N2. The number of benzene rings is 1. The average molecular weight is 334 g/mol. The lowest BCUT2D eigenvalue weighted by Gasteiger charge is -2.18. The number of aryl methyl sites for hydroxylation is 1. The zero-order valence-corrected chi connectivity index (χ0v) is 13.5. The topological polar surface area (TPSA) is 88.4 Å². The van der Waals surface area contributed by atoms with Gasteiger partial charge in [-0.15, -0.1) is 0 Å². The van der Waals surface area contributed by atoms with E-state index in [1.54, 1.807) is 31.4 Å². The zero-order valence-electron chi connectivity index (χ0n) is 12.7. The van der Waals surface area contributed by atoms with Crippen molar-refractivity contribution in [2.24, 2.45) is 0 Å². The van der Waals surface area contributed by atoms with Crippen LogP contribution in [0.4, 0.5) is 5.69 Å². The normalized spacial score (nSPS) is 15.8. The number of carbonyl (C=O) groups excluding carboxylic acids is 1. The monoisotopic (exact) mass is 334 g/mol. The van der Waals surface area contributed by atoms with Crippen molar-refractivity contribution in [1.82, 2.24) is 4.72 Å². The molecule has 6 nitrogen and oxygen atoms in total. The number of rotatable bonds is 5. The van der Waals surface area contributed by atoms with Gasteiger partial charge in [0.1, 0.15) is 5.76 Å². The summed E-state index contributed by atoms with van der Waals surface area (Å²) in [5.74, 6) is 0.687. The molecule has 0 radical (unpaired) electrons. The highest BCUT2D eigenvalue weighted by Gasteiger charge is 2.21. The van der Waals surface area contributed by atoms with Crippen molar-refractivity contribution in [2.75, 3.05) is 5.32 Å². The van der Waals surface area contributed by atoms with Gasteiger partial charge in [-0.2, -0.15) is 0 Å². The van der Waals surface area contributed by atoms with E-state index in [4.69, 9.17) is 4.42 Å². The molecule has 0 saturated heterocycles. The molecular formula is C16H18N2O4S. The van der Waals surface area contributed by atoms with Gasteiger partial charge in [-0.3, -0.25) is 4.79 Å². The molecule has 2 N–H and O–H groups in total. The molecule has 2 heterocycles. The summed E-state index contributed by atoms with van der Waals surface area (Å²) in [5, 5.41) is 2.74. The van der Waals surface area contributed by atoms with E-state index < -0.39 is 10.0 Å². The lowest BCUT2D eigenvalue weighted by Crippen LogP contribution is -2.34. The summed E-state index contributed by atoms with van der Waals surface area (Å²) in [6.45, 7) is 1.79. The Balaban J connectivity index is 1.75. The summed E-state index contributed by atoms with van der Waals surface area (Å²) in [6.07, 6.45) is 2.97. The smallest absolute Gasteiger partial charge is 0.240 e. The predicted molar refractivity (Wildman–Crippen MR) is 85.6 cm³/mol. The standard InChI is InChI=1S/C16H18N2O4S/c1-11(9-13-3-2-8-22-13)18-23(20,21)14-5-6-15-12(10-14)4-7-16(19)17-15/h2-3,5-6,8,10-11,18H,4,7,9H2,1H3,(H,17,19). The second kappa shape index (κ2) is 6.17. The lowest BCUT2D eigenvalue weighted by molar-refractivity contribution is -0.116. The fourth-order valence-corrected chi connectivity index (χ4v) is 3.93. The first-order chi connectivity index (χ1) is 10.9. The van der Waals surface area contributed by atoms with Gasteiger partial charge >= 0.3 is 0 Å². The van der Waals surface area contributed by atoms with Gasteiger partial charge in [0.05, 0.1) is 11.2 Å². The first-order valence-corrected chi connectivity index (χ1v) is 8.90. The van der Waals surface area contributed by atoms with Crippen LogP contribution in [0.3, 0.4) is 0 Å². The Hall–Kier alpha value is -2.12. The van der Waals surface area contributed by atoms with Gasteiger partial charge in [-0.1, -0.05) is 0 Å². The van der Waals surface area contributed by atoms with Crippen LogP contribution in [0.1, 0.15) is 24.7 Å². The van der Waals surface area contributed by atoms with Gasteiger partial charge in [0.15, 0.2) is 0 Å². The van der Waals surface area contributed by atoms with Gasteiger partial charge in [0.2, 0.25) is 15.9 Å². The van der Waals surface area contributed by atoms with Crippen molar-refractivity contribution < 1.29 is 17.6 Å². The first-order valence-electron chi connectivity index (χ1n) is 7.41. The third kappa shape index (κ3) is 3.62. The number of nitrogens with one attached hydrogen (secondary N) is 2. The molecule has 1 aliphatic rings. The van der Waals surface area contributed by atoms with Gasteiger partial charge in [0, 0.05) is 24.6 Å². The van der Waals surface area contributed by atoms with Gasteiger partial charge in [-0.25, -0.2) is 13.1 Å². The van der Waals surface area contributed by atoms with Crippen molar-refractivity contribution >= 4 is 21.6 Å². The van der Waals surface area contributed by atoms with E-state index in [9.17, 15) is 13.2 Å². The minimum absolute atomic E-state index is 0.0432. The number of furan rings is 1. The maximum Gasteiger partial charge on any atom is 0.240 e. The highest BCUT2D eigenvalue weighted by molar-refractivity contribution is 7.89. The summed E-state index contributed by atoms with van der Waals surface area (Å²) in [7, 11) is -3.61. The fourth-order valence-electron chi connectivity index (χ4n) is 2.63. The van der Waals surface area contributed by atoms with Crippen LogP contribution in [0.2, 0.25) is 0 Å². The third-order valence-corrected chi connectivity index (χ3v) is 5.31. The summed E-state index contributed by atoms with van der Waals surface area (Å²) in [5.41, 5.74) is 1.52. The Bertz CT molecular complexity index is 813. The van der Waals surface area contributed by atoms with Crippen LogP contribution in [0.5, 0.6) is 0 Å². The molecule has 0 spiro atoms. The van der Waals surface area contributed by atoms with Crippen LogP contribution >= 0.6 is 0 Å². The molecule has 1 unspecified atom stereocenters. The molecule has 3 rings (SSSR count). The molecule has 23 heavy (non-hydrogen) atoms. The van der Waals surface area contributed by atoms with Crippen molar-refractivity contribution in [3.8, 4) is 0 Å². The number of sulfonamides is 1. The lowest BCUT2D eigenvalue weighted by atomic mass is 10.0. The molecule has 0 bridgehead atoms. The van der Waals surface area contributed by atoms with Gasteiger partial charge < -0.3 is 9.73 Å². The maximum absolute atomic E-state index is 12.5. The Morgan fingerprint density at radius 2 is 2.13 bits per heavy atom. The number of fused-ring (bicyclic) bond motifs is 1. The van der Waals surface area contributed by atoms with Crippen LogP contribution in [0.15, 0.2) is 45.9 Å². The van der Waals surface area contributed by atoms with E-state index in [1.165, 1.54) is 6.07 Å². The number of anilines is 1. The van der Waals surface area contributed by atoms with Crippen molar-refractivity contribution in [3.05, 3.63) is 47.9 Å². The maximum atomic E-state index is 12.5. The van der Waals surface area contributed by atoms with Crippen molar-refractivity contribution in [2.45, 2.75) is 37.1 Å². The molecule has 2 aromatic rings. The average Bonchev–Trinajstić information content (AvgIpc) is 2.98. The number of carbonyl (C=O) groups is 1. The van der Waals surface area contributed by atoms with E-state index >= 15 is 0 Å². The van der Waals surface area contributed by atoms with Gasteiger partial charge in [-0.05, 0) is 49.2 Å². The highest BCUT2D eigenvalue weighted by atomic mass is 32.2. The minimum atomic E-state index is -3.61. The molecule has 122 valence electrons. The quantitative estimate of drug-likeness (QED) is 0.876. The summed E-state index contributed by atoms with van der Waals surface area (Å²) < 4.78 is 32.9. The van der Waals surface area contributed by atoms with E-state index in [0.717, 1.165) is 11.3 Å². The summed E-state index contributed by atoms with van der Waals surface area (Å²) in [4.78, 5) is 11.6. The molecule has 0 fully saturated rings. The minimum Gasteiger partial charge on any atom is -0.469 e. The highest BCUT2D eigenvalue weighted by Crippen LogP contribution is 2.25. The Labute approximate surface area is 134 Å². The predicted octanol–water partition coefficient (Wildman–Crippen LogP) is 2.07. The Kier molecular flexibility index (Phi) is 4.23. The molecule has 1 aromatic carbocycles. The fraction of sp³-hybridized carbons (Fsp3) is 0.312. The second-order valence-electron chi connectivity index (χ2n) is 5.67. The van der Waals surface area contributed by atoms with Crippen molar-refractivity contribution in [3.63, 3.8) is 0 Å². The van der Waals surface area contributed by atoms with E-state index in [1.807, 2.05) is 6.07 Å². The third-order valence-electron chi connectivity index (χ3n) is 3.73. The van der Waals surface area contributed by atoms with E-state index in [0.29, 0.717) is 24.9 Å². The molecule has 0 aliphatic carbocycles. The molecule has 1 atom stereocenters. The van der Waals surface area contributed by atoms with Crippen LogP contribution in [0.25, 0.3) is 0 Å². The molecule has 1 amide bonds.